The van der Waals surface area contributed by atoms with E-state index < -0.39 is 0 Å². The van der Waals surface area contributed by atoms with Gasteiger partial charge in [-0.25, -0.2) is 0 Å². The number of likely N-dealkylation sites (tertiary alicyclic amines) is 2. The summed E-state index contributed by atoms with van der Waals surface area (Å²) in [6.07, 6.45) is 8.12. The maximum atomic E-state index is 13.1. The zero-order valence-corrected chi connectivity index (χ0v) is 15.2. The first-order chi connectivity index (χ1) is 12.2. The lowest BCUT2D eigenvalue weighted by molar-refractivity contribution is -0.141. The number of nitrogens with zero attached hydrogens (tertiary/aromatic N) is 3. The molecule has 5 aliphatic rings. The molecule has 4 aliphatic heterocycles. The van der Waals surface area contributed by atoms with Gasteiger partial charge in [-0.2, -0.15) is 0 Å². The van der Waals surface area contributed by atoms with Crippen LogP contribution in [0.2, 0.25) is 0 Å². The van der Waals surface area contributed by atoms with Crippen molar-refractivity contribution in [2.24, 2.45) is 23.7 Å². The Bertz CT molecular complexity index is 561. The average molecular weight is 345 g/mol. The van der Waals surface area contributed by atoms with Crippen LogP contribution in [0.25, 0.3) is 0 Å². The van der Waals surface area contributed by atoms with Crippen molar-refractivity contribution in [1.29, 1.82) is 0 Å². The summed E-state index contributed by atoms with van der Waals surface area (Å²) in [5.41, 5.74) is 0. The fourth-order valence-corrected chi connectivity index (χ4v) is 5.96. The predicted molar refractivity (Wildman–Crippen MR) is 94.8 cm³/mol. The zero-order chi connectivity index (χ0) is 17.0. The first kappa shape index (κ1) is 16.1. The lowest BCUT2D eigenvalue weighted by Gasteiger charge is -2.36. The molecule has 0 N–H and O–H groups in total. The van der Waals surface area contributed by atoms with Crippen molar-refractivity contribution in [3.63, 3.8) is 0 Å². The summed E-state index contributed by atoms with van der Waals surface area (Å²) in [4.78, 5) is 32.3. The third kappa shape index (κ3) is 2.88. The van der Waals surface area contributed by atoms with Gasteiger partial charge in [-0.05, 0) is 56.9 Å². The number of rotatable bonds is 2. The summed E-state index contributed by atoms with van der Waals surface area (Å²) in [5.74, 6) is 2.38. The first-order valence-corrected chi connectivity index (χ1v) is 10.5. The van der Waals surface area contributed by atoms with Gasteiger partial charge in [-0.15, -0.1) is 0 Å². The summed E-state index contributed by atoms with van der Waals surface area (Å²) in [7, 11) is 0. The molecule has 25 heavy (non-hydrogen) atoms. The number of piperidine rings is 2. The van der Waals surface area contributed by atoms with Crippen LogP contribution < -0.4 is 0 Å². The molecule has 0 spiro atoms. The number of amides is 2. The van der Waals surface area contributed by atoms with E-state index in [0.717, 1.165) is 51.4 Å². The Balaban J connectivity index is 1.21. The highest BCUT2D eigenvalue weighted by atomic mass is 16.2. The number of hydrogen-bond acceptors (Lipinski definition) is 3. The van der Waals surface area contributed by atoms with E-state index in [1.807, 2.05) is 4.90 Å². The standard InChI is InChI=1S/C20H31N3O2/c24-19(14-6-7-14)22-9-3-4-15(10-22)20(25)23-12-16-11-21-8-2-1-5-18(21)17(16)13-23/h14-18H,1-13H2/t15-,16+,17+,18+/m1/s1. The minimum atomic E-state index is 0.0535. The van der Waals surface area contributed by atoms with Crippen LogP contribution in [0, 0.1) is 23.7 Å². The smallest absolute Gasteiger partial charge is 0.227 e. The van der Waals surface area contributed by atoms with Crippen LogP contribution in [0.15, 0.2) is 0 Å². The van der Waals surface area contributed by atoms with Gasteiger partial charge in [0.25, 0.3) is 0 Å². The molecule has 5 heteroatoms. The van der Waals surface area contributed by atoms with Gasteiger partial charge in [0.1, 0.15) is 0 Å². The topological polar surface area (TPSA) is 43.9 Å². The lowest BCUT2D eigenvalue weighted by atomic mass is 9.90. The van der Waals surface area contributed by atoms with E-state index in [2.05, 4.69) is 9.80 Å². The Morgan fingerprint density at radius 1 is 0.680 bits per heavy atom. The van der Waals surface area contributed by atoms with Crippen LogP contribution in [0.4, 0.5) is 0 Å². The molecule has 0 bridgehead atoms. The molecule has 5 nitrogen and oxygen atoms in total. The number of carbonyl (C=O) groups excluding carboxylic acids is 2. The normalized spacial score (nSPS) is 38.6. The van der Waals surface area contributed by atoms with Crippen molar-refractivity contribution in [2.75, 3.05) is 39.3 Å². The molecule has 0 radical (unpaired) electrons. The quantitative estimate of drug-likeness (QED) is 0.763. The molecule has 2 amide bonds. The molecule has 138 valence electrons. The van der Waals surface area contributed by atoms with Gasteiger partial charge < -0.3 is 9.80 Å². The van der Waals surface area contributed by atoms with Gasteiger partial charge in [-0.3, -0.25) is 14.5 Å². The summed E-state index contributed by atoms with van der Waals surface area (Å²) < 4.78 is 0. The molecule has 4 atom stereocenters. The second-order valence-corrected chi connectivity index (χ2v) is 9.12. The molecule has 5 fully saturated rings. The highest BCUT2D eigenvalue weighted by Gasteiger charge is 2.49. The highest BCUT2D eigenvalue weighted by Crippen LogP contribution is 2.41. The van der Waals surface area contributed by atoms with Crippen LogP contribution in [0.1, 0.15) is 44.9 Å². The van der Waals surface area contributed by atoms with Gasteiger partial charge in [0.15, 0.2) is 0 Å². The summed E-state index contributed by atoms with van der Waals surface area (Å²) in [6.45, 7) is 5.95. The molecule has 4 heterocycles. The SMILES string of the molecule is O=C(C1CC1)N1CCC[C@@H](C(=O)N2C[C@@H]3CN4CCCC[C@H]4[C@H]3C2)C1. The van der Waals surface area contributed by atoms with Crippen LogP contribution in [0.3, 0.4) is 0 Å². The van der Waals surface area contributed by atoms with E-state index in [1.54, 1.807) is 0 Å². The third-order valence-corrected chi connectivity index (χ3v) is 7.44. The summed E-state index contributed by atoms with van der Waals surface area (Å²) >= 11 is 0. The van der Waals surface area contributed by atoms with E-state index in [1.165, 1.54) is 32.4 Å². The molecule has 5 rings (SSSR count). The Labute approximate surface area is 150 Å². The maximum absolute atomic E-state index is 13.1. The van der Waals surface area contributed by atoms with Crippen molar-refractivity contribution in [1.82, 2.24) is 14.7 Å². The fourth-order valence-electron chi connectivity index (χ4n) is 5.96. The number of hydrogen-bond donors (Lipinski definition) is 0. The van der Waals surface area contributed by atoms with Gasteiger partial charge in [0.05, 0.1) is 5.92 Å². The van der Waals surface area contributed by atoms with Crippen molar-refractivity contribution >= 4 is 11.8 Å². The van der Waals surface area contributed by atoms with Crippen molar-refractivity contribution < 1.29 is 9.59 Å². The zero-order valence-electron chi connectivity index (χ0n) is 15.2. The molecule has 1 saturated carbocycles. The van der Waals surface area contributed by atoms with Crippen LogP contribution in [-0.2, 0) is 9.59 Å². The van der Waals surface area contributed by atoms with Crippen LogP contribution in [0.5, 0.6) is 0 Å². The minimum absolute atomic E-state index is 0.0535. The third-order valence-electron chi connectivity index (χ3n) is 7.44. The molecule has 1 aliphatic carbocycles. The second kappa shape index (κ2) is 6.26. The predicted octanol–water partition coefficient (Wildman–Crippen LogP) is 1.58. The van der Waals surface area contributed by atoms with E-state index in [0.29, 0.717) is 30.2 Å². The Hall–Kier alpha value is -1.10. The van der Waals surface area contributed by atoms with E-state index in [-0.39, 0.29) is 11.8 Å². The van der Waals surface area contributed by atoms with Gasteiger partial charge >= 0.3 is 0 Å². The lowest BCUT2D eigenvalue weighted by Crippen LogP contribution is -2.47. The van der Waals surface area contributed by atoms with Crippen molar-refractivity contribution in [3.8, 4) is 0 Å². The molecule has 0 aromatic rings. The first-order valence-electron chi connectivity index (χ1n) is 10.5. The summed E-state index contributed by atoms with van der Waals surface area (Å²) in [6, 6.07) is 0.732. The molecule has 0 aromatic carbocycles. The fraction of sp³-hybridized carbons (Fsp3) is 0.900. The van der Waals surface area contributed by atoms with Crippen molar-refractivity contribution in [2.45, 2.75) is 51.0 Å². The highest BCUT2D eigenvalue weighted by molar-refractivity contribution is 5.83. The number of fused-ring (bicyclic) bond motifs is 3. The molecular formula is C20H31N3O2. The van der Waals surface area contributed by atoms with E-state index in [4.69, 9.17) is 0 Å². The Morgan fingerprint density at radius 2 is 1.52 bits per heavy atom. The number of carbonyl (C=O) groups is 2. The van der Waals surface area contributed by atoms with E-state index >= 15 is 0 Å². The maximum Gasteiger partial charge on any atom is 0.227 e. The molecule has 0 aromatic heterocycles. The van der Waals surface area contributed by atoms with Crippen LogP contribution >= 0.6 is 0 Å². The van der Waals surface area contributed by atoms with E-state index in [9.17, 15) is 9.59 Å². The largest absolute Gasteiger partial charge is 0.342 e. The Kier molecular flexibility index (Phi) is 4.03. The molecule has 4 saturated heterocycles. The van der Waals surface area contributed by atoms with Gasteiger partial charge in [0, 0.05) is 44.7 Å². The average Bonchev–Trinajstić information content (AvgIpc) is 3.32. The summed E-state index contributed by atoms with van der Waals surface area (Å²) in [5, 5.41) is 0. The molecular weight excluding hydrogens is 314 g/mol. The minimum Gasteiger partial charge on any atom is -0.342 e. The Morgan fingerprint density at radius 3 is 2.36 bits per heavy atom. The monoisotopic (exact) mass is 345 g/mol. The molecule has 0 unspecified atom stereocenters. The van der Waals surface area contributed by atoms with Crippen LogP contribution in [-0.4, -0.2) is 71.8 Å². The van der Waals surface area contributed by atoms with Gasteiger partial charge in [-0.1, -0.05) is 6.42 Å². The second-order valence-electron chi connectivity index (χ2n) is 9.12. The van der Waals surface area contributed by atoms with Gasteiger partial charge in [0.2, 0.25) is 11.8 Å². The van der Waals surface area contributed by atoms with Crippen molar-refractivity contribution in [3.05, 3.63) is 0 Å².